The van der Waals surface area contributed by atoms with Crippen molar-refractivity contribution in [2.75, 3.05) is 50.9 Å². The van der Waals surface area contributed by atoms with Crippen molar-refractivity contribution < 1.29 is 9.47 Å². The Hall–Kier alpha value is -1.86. The molecule has 0 amide bonds. The fraction of sp³-hybridized carbons (Fsp3) is 0.750. The van der Waals surface area contributed by atoms with Crippen LogP contribution in [0.15, 0.2) is 23.3 Å². The van der Waals surface area contributed by atoms with Crippen LogP contribution in [0.1, 0.15) is 58.4 Å². The van der Waals surface area contributed by atoms with Gasteiger partial charge in [0.05, 0.1) is 19.3 Å². The van der Waals surface area contributed by atoms with Crippen molar-refractivity contribution in [3.63, 3.8) is 0 Å². The molecule has 3 rings (SSSR count). The van der Waals surface area contributed by atoms with Gasteiger partial charge in [-0.2, -0.15) is 0 Å². The van der Waals surface area contributed by atoms with Gasteiger partial charge < -0.3 is 25.0 Å². The van der Waals surface area contributed by atoms with E-state index in [1.54, 1.807) is 0 Å². The molecule has 1 aliphatic heterocycles. The predicted octanol–water partition coefficient (Wildman–Crippen LogP) is 3.35. The number of morpholine rings is 1. The fourth-order valence-corrected chi connectivity index (χ4v) is 4.61. The summed E-state index contributed by atoms with van der Waals surface area (Å²) < 4.78 is 11.3. The van der Waals surface area contributed by atoms with Crippen molar-refractivity contribution in [2.45, 2.75) is 65.5 Å². The van der Waals surface area contributed by atoms with Gasteiger partial charge in [-0.3, -0.25) is 0 Å². The van der Waals surface area contributed by atoms with Crippen molar-refractivity contribution in [1.29, 1.82) is 0 Å². The van der Waals surface area contributed by atoms with Crippen molar-refractivity contribution in [3.05, 3.63) is 23.9 Å². The van der Waals surface area contributed by atoms with Gasteiger partial charge in [0.2, 0.25) is 0 Å². The second-order valence-corrected chi connectivity index (χ2v) is 8.85. The minimum atomic E-state index is 0.243. The van der Waals surface area contributed by atoms with E-state index in [4.69, 9.17) is 14.5 Å². The third-order valence-corrected chi connectivity index (χ3v) is 6.41. The van der Waals surface area contributed by atoms with Crippen molar-refractivity contribution in [3.8, 4) is 0 Å². The third-order valence-electron chi connectivity index (χ3n) is 6.41. The first kappa shape index (κ1) is 23.8. The van der Waals surface area contributed by atoms with E-state index in [1.807, 2.05) is 6.20 Å². The van der Waals surface area contributed by atoms with Gasteiger partial charge in [-0.1, -0.05) is 12.8 Å². The van der Waals surface area contributed by atoms with Crippen LogP contribution in [-0.4, -0.2) is 63.0 Å². The van der Waals surface area contributed by atoms with Gasteiger partial charge in [0.1, 0.15) is 5.82 Å². The largest absolute Gasteiger partial charge is 0.382 e. The van der Waals surface area contributed by atoms with Gasteiger partial charge in [-0.05, 0) is 63.1 Å². The lowest BCUT2D eigenvalue weighted by atomic mass is 9.83. The lowest BCUT2D eigenvalue weighted by Crippen LogP contribution is -2.43. The molecule has 1 aromatic rings. The molecule has 0 spiro atoms. The van der Waals surface area contributed by atoms with Crippen LogP contribution >= 0.6 is 0 Å². The number of nitrogens with zero attached hydrogens (tertiary/aromatic N) is 3. The molecule has 7 heteroatoms. The molecule has 1 saturated heterocycles. The zero-order valence-corrected chi connectivity index (χ0v) is 19.7. The second kappa shape index (κ2) is 12.2. The monoisotopic (exact) mass is 431 g/mol. The van der Waals surface area contributed by atoms with E-state index in [9.17, 15) is 0 Å². The first-order chi connectivity index (χ1) is 15.1. The molecule has 1 aliphatic carbocycles. The summed E-state index contributed by atoms with van der Waals surface area (Å²) in [5, 5.41) is 7.04. The molecule has 2 aliphatic rings. The van der Waals surface area contributed by atoms with E-state index in [2.05, 4.69) is 53.4 Å². The molecule has 1 atom stereocenters. The van der Waals surface area contributed by atoms with Crippen LogP contribution in [0.25, 0.3) is 0 Å². The number of pyridine rings is 1. The van der Waals surface area contributed by atoms with Crippen LogP contribution < -0.4 is 15.5 Å². The van der Waals surface area contributed by atoms with Crippen molar-refractivity contribution in [2.24, 2.45) is 10.4 Å². The zero-order chi connectivity index (χ0) is 21.9. The lowest BCUT2D eigenvalue weighted by molar-refractivity contribution is 0.0529. The SMILES string of the molecule is CCNC(=NCc1ccnc(N2CCOC(C)C2)c1)NCC1(CCOCC)CCCC1. The Morgan fingerprint density at radius 1 is 1.32 bits per heavy atom. The Labute approximate surface area is 188 Å². The number of hydrogen-bond acceptors (Lipinski definition) is 5. The predicted molar refractivity (Wildman–Crippen MR) is 127 cm³/mol. The summed E-state index contributed by atoms with van der Waals surface area (Å²) in [6.07, 6.45) is 8.45. The molecule has 1 saturated carbocycles. The minimum absolute atomic E-state index is 0.243. The lowest BCUT2D eigenvalue weighted by Gasteiger charge is -2.32. The molecule has 174 valence electrons. The van der Waals surface area contributed by atoms with Crippen molar-refractivity contribution >= 4 is 11.8 Å². The highest BCUT2D eigenvalue weighted by Gasteiger charge is 2.33. The second-order valence-electron chi connectivity index (χ2n) is 8.85. The van der Waals surface area contributed by atoms with Gasteiger partial charge in [-0.25, -0.2) is 9.98 Å². The molecule has 0 bridgehead atoms. The molecular formula is C24H41N5O2. The number of guanidine groups is 1. The summed E-state index contributed by atoms with van der Waals surface area (Å²) in [5.74, 6) is 1.91. The van der Waals surface area contributed by atoms with Crippen LogP contribution in [0, 0.1) is 5.41 Å². The summed E-state index contributed by atoms with van der Waals surface area (Å²) in [5.41, 5.74) is 1.51. The highest BCUT2D eigenvalue weighted by atomic mass is 16.5. The van der Waals surface area contributed by atoms with Crippen LogP contribution in [0.5, 0.6) is 0 Å². The molecule has 2 heterocycles. The number of aliphatic imine (C=N–C) groups is 1. The molecule has 0 radical (unpaired) electrons. The van der Waals surface area contributed by atoms with Crippen LogP contribution in [0.4, 0.5) is 5.82 Å². The first-order valence-electron chi connectivity index (χ1n) is 12.1. The van der Waals surface area contributed by atoms with Crippen LogP contribution in [0.3, 0.4) is 0 Å². The summed E-state index contributed by atoms with van der Waals surface area (Å²) in [6, 6.07) is 4.21. The van der Waals surface area contributed by atoms with Gasteiger partial charge in [-0.15, -0.1) is 0 Å². The average molecular weight is 432 g/mol. The molecule has 7 nitrogen and oxygen atoms in total. The van der Waals surface area contributed by atoms with E-state index < -0.39 is 0 Å². The molecule has 31 heavy (non-hydrogen) atoms. The average Bonchev–Trinajstić information content (AvgIpc) is 3.25. The Balaban J connectivity index is 1.59. The van der Waals surface area contributed by atoms with E-state index in [1.165, 1.54) is 31.2 Å². The molecule has 0 aromatic carbocycles. The van der Waals surface area contributed by atoms with Crippen LogP contribution in [0.2, 0.25) is 0 Å². The molecule has 1 aromatic heterocycles. The number of nitrogens with one attached hydrogen (secondary N) is 2. The fourth-order valence-electron chi connectivity index (χ4n) is 4.61. The highest BCUT2D eigenvalue weighted by molar-refractivity contribution is 5.79. The van der Waals surface area contributed by atoms with Crippen LogP contribution in [-0.2, 0) is 16.0 Å². The number of hydrogen-bond donors (Lipinski definition) is 2. The maximum atomic E-state index is 5.66. The standard InChI is InChI=1S/C24H41N5O2/c1-4-25-23(28-19-24(9-6-7-10-24)11-14-30-5-2)27-17-21-8-12-26-22(16-21)29-13-15-31-20(3)18-29/h8,12,16,20H,4-7,9-11,13-15,17-19H2,1-3H3,(H2,25,27,28). The zero-order valence-electron chi connectivity index (χ0n) is 19.7. The topological polar surface area (TPSA) is 71.0 Å². The van der Waals surface area contributed by atoms with E-state index >= 15 is 0 Å². The van der Waals surface area contributed by atoms with Crippen molar-refractivity contribution in [1.82, 2.24) is 15.6 Å². The Kier molecular flexibility index (Phi) is 9.40. The van der Waals surface area contributed by atoms with Gasteiger partial charge in [0.15, 0.2) is 5.96 Å². The normalized spacial score (nSPS) is 21.3. The first-order valence-corrected chi connectivity index (χ1v) is 12.1. The van der Waals surface area contributed by atoms with E-state index in [0.29, 0.717) is 12.0 Å². The molecule has 2 N–H and O–H groups in total. The highest BCUT2D eigenvalue weighted by Crippen LogP contribution is 2.40. The Morgan fingerprint density at radius 3 is 2.90 bits per heavy atom. The maximum Gasteiger partial charge on any atom is 0.191 e. The smallest absolute Gasteiger partial charge is 0.191 e. The Morgan fingerprint density at radius 2 is 2.16 bits per heavy atom. The number of aromatic nitrogens is 1. The molecular weight excluding hydrogens is 390 g/mol. The number of rotatable bonds is 10. The molecule has 1 unspecified atom stereocenters. The van der Waals surface area contributed by atoms with Gasteiger partial charge in [0, 0.05) is 45.6 Å². The maximum absolute atomic E-state index is 5.66. The van der Waals surface area contributed by atoms with Gasteiger partial charge >= 0.3 is 0 Å². The summed E-state index contributed by atoms with van der Waals surface area (Å²) in [6.45, 7) is 12.9. The van der Waals surface area contributed by atoms with E-state index in [0.717, 1.165) is 64.2 Å². The summed E-state index contributed by atoms with van der Waals surface area (Å²) >= 11 is 0. The quantitative estimate of drug-likeness (QED) is 0.336. The number of ether oxygens (including phenoxy) is 2. The third kappa shape index (κ3) is 7.35. The summed E-state index contributed by atoms with van der Waals surface area (Å²) in [7, 11) is 0. The minimum Gasteiger partial charge on any atom is -0.382 e. The Bertz CT molecular complexity index is 690. The number of anilines is 1. The molecule has 2 fully saturated rings. The summed E-state index contributed by atoms with van der Waals surface area (Å²) in [4.78, 5) is 11.7. The van der Waals surface area contributed by atoms with Gasteiger partial charge in [0.25, 0.3) is 0 Å². The van der Waals surface area contributed by atoms with E-state index in [-0.39, 0.29) is 6.10 Å².